The minimum atomic E-state index is -4.64. The molecular weight excluding hydrogens is 279 g/mol. The van der Waals surface area contributed by atoms with Gasteiger partial charge in [0.05, 0.1) is 0 Å². The van der Waals surface area contributed by atoms with E-state index < -0.39 is 6.36 Å². The molecule has 1 aromatic carbocycles. The lowest BCUT2D eigenvalue weighted by atomic mass is 9.80. The molecule has 1 saturated carbocycles. The van der Waals surface area contributed by atoms with Crippen molar-refractivity contribution in [3.8, 4) is 5.75 Å². The maximum Gasteiger partial charge on any atom is 0.573 e. The molecule has 0 aromatic heterocycles. The molecule has 0 aliphatic heterocycles. The summed E-state index contributed by atoms with van der Waals surface area (Å²) in [6, 6.07) is 6.15. The molecule has 2 atom stereocenters. The topological polar surface area (TPSA) is 21.3 Å². The van der Waals surface area contributed by atoms with Crippen LogP contribution in [0.5, 0.6) is 5.75 Å². The van der Waals surface area contributed by atoms with Gasteiger partial charge in [-0.05, 0) is 42.5 Å². The number of ether oxygens (including phenoxy) is 1. The molecule has 1 aliphatic rings. The van der Waals surface area contributed by atoms with Crippen LogP contribution in [0.1, 0.15) is 38.2 Å². The van der Waals surface area contributed by atoms with E-state index in [0.29, 0.717) is 12.5 Å². The predicted molar refractivity (Wildman–Crippen MR) is 76.0 cm³/mol. The second-order valence-corrected chi connectivity index (χ2v) is 5.85. The minimum Gasteiger partial charge on any atom is -0.406 e. The average molecular weight is 301 g/mol. The van der Waals surface area contributed by atoms with Crippen molar-refractivity contribution < 1.29 is 17.9 Å². The van der Waals surface area contributed by atoms with E-state index in [0.717, 1.165) is 18.0 Å². The van der Waals surface area contributed by atoms with E-state index >= 15 is 0 Å². The molecule has 1 aromatic rings. The van der Waals surface area contributed by atoms with Crippen LogP contribution in [0.25, 0.3) is 0 Å². The molecule has 2 rings (SSSR count). The van der Waals surface area contributed by atoms with Gasteiger partial charge < -0.3 is 10.1 Å². The van der Waals surface area contributed by atoms with E-state index in [1.807, 2.05) is 0 Å². The van der Waals surface area contributed by atoms with Crippen LogP contribution in [-0.2, 0) is 6.54 Å². The summed E-state index contributed by atoms with van der Waals surface area (Å²) in [6.45, 7) is 3.77. The summed E-state index contributed by atoms with van der Waals surface area (Å²) in [6.07, 6.45) is 0.482. The van der Waals surface area contributed by atoms with Gasteiger partial charge >= 0.3 is 6.36 Å². The first-order valence-corrected chi connectivity index (χ1v) is 7.49. The standard InChI is InChI=1S/C16H22F3NO/c1-12-5-2-3-7-14(12)11-20-10-13-6-4-8-15(9-13)21-16(17,18)19/h4,6,8-9,12,14,20H,2-3,5,7,10-11H2,1H3. The van der Waals surface area contributed by atoms with Crippen molar-refractivity contribution in [1.82, 2.24) is 5.32 Å². The van der Waals surface area contributed by atoms with E-state index in [4.69, 9.17) is 0 Å². The predicted octanol–water partition coefficient (Wildman–Crippen LogP) is 4.50. The van der Waals surface area contributed by atoms with Crippen molar-refractivity contribution in [2.75, 3.05) is 6.54 Å². The Balaban J connectivity index is 1.81. The molecule has 2 nitrogen and oxygen atoms in total. The van der Waals surface area contributed by atoms with E-state index in [1.165, 1.54) is 37.8 Å². The Morgan fingerprint density at radius 2 is 2.00 bits per heavy atom. The van der Waals surface area contributed by atoms with Gasteiger partial charge in [-0.1, -0.05) is 38.3 Å². The fourth-order valence-electron chi connectivity index (χ4n) is 2.95. The van der Waals surface area contributed by atoms with E-state index in [-0.39, 0.29) is 5.75 Å². The molecule has 0 saturated heterocycles. The van der Waals surface area contributed by atoms with Gasteiger partial charge in [-0.2, -0.15) is 0 Å². The Morgan fingerprint density at radius 3 is 2.71 bits per heavy atom. The molecule has 21 heavy (non-hydrogen) atoms. The van der Waals surface area contributed by atoms with Gasteiger partial charge in [-0.3, -0.25) is 0 Å². The van der Waals surface area contributed by atoms with Gasteiger partial charge in [0.25, 0.3) is 0 Å². The van der Waals surface area contributed by atoms with Crippen LogP contribution in [0.3, 0.4) is 0 Å². The number of hydrogen-bond acceptors (Lipinski definition) is 2. The normalized spacial score (nSPS) is 23.0. The summed E-state index contributed by atoms with van der Waals surface area (Å²) in [5.41, 5.74) is 0.806. The first kappa shape index (κ1) is 16.1. The van der Waals surface area contributed by atoms with Crippen LogP contribution >= 0.6 is 0 Å². The van der Waals surface area contributed by atoms with Gasteiger partial charge in [0.2, 0.25) is 0 Å². The Hall–Kier alpha value is -1.23. The first-order chi connectivity index (χ1) is 9.94. The van der Waals surface area contributed by atoms with E-state index in [9.17, 15) is 13.2 Å². The van der Waals surface area contributed by atoms with E-state index in [1.54, 1.807) is 12.1 Å². The van der Waals surface area contributed by atoms with Gasteiger partial charge in [-0.15, -0.1) is 13.2 Å². The monoisotopic (exact) mass is 301 g/mol. The van der Waals surface area contributed by atoms with Crippen LogP contribution in [0, 0.1) is 11.8 Å². The van der Waals surface area contributed by atoms with Crippen molar-refractivity contribution in [3.05, 3.63) is 29.8 Å². The highest BCUT2D eigenvalue weighted by molar-refractivity contribution is 5.28. The largest absolute Gasteiger partial charge is 0.573 e. The number of rotatable bonds is 5. The van der Waals surface area contributed by atoms with Gasteiger partial charge in [-0.25, -0.2) is 0 Å². The maximum atomic E-state index is 12.2. The second-order valence-electron chi connectivity index (χ2n) is 5.85. The highest BCUT2D eigenvalue weighted by atomic mass is 19.4. The third-order valence-electron chi connectivity index (χ3n) is 4.16. The van der Waals surface area contributed by atoms with Crippen LogP contribution in [0.4, 0.5) is 13.2 Å². The van der Waals surface area contributed by atoms with Crippen LogP contribution in [0.15, 0.2) is 24.3 Å². The summed E-state index contributed by atoms with van der Waals surface area (Å²) in [7, 11) is 0. The Kier molecular flexibility index (Phi) is 5.51. The molecule has 1 N–H and O–H groups in total. The summed E-state index contributed by atoms with van der Waals surface area (Å²) < 4.78 is 40.4. The lowest BCUT2D eigenvalue weighted by Gasteiger charge is -2.28. The lowest BCUT2D eigenvalue weighted by molar-refractivity contribution is -0.274. The summed E-state index contributed by atoms with van der Waals surface area (Å²) in [4.78, 5) is 0. The third-order valence-corrected chi connectivity index (χ3v) is 4.16. The Morgan fingerprint density at radius 1 is 1.24 bits per heavy atom. The molecular formula is C16H22F3NO. The SMILES string of the molecule is CC1CCCCC1CNCc1cccc(OC(F)(F)F)c1. The number of alkyl halides is 3. The third kappa shape index (κ3) is 5.58. The van der Waals surface area contributed by atoms with Crippen molar-refractivity contribution in [2.24, 2.45) is 11.8 Å². The highest BCUT2D eigenvalue weighted by Crippen LogP contribution is 2.29. The number of halogens is 3. The average Bonchev–Trinajstić information content (AvgIpc) is 2.39. The van der Waals surface area contributed by atoms with Crippen molar-refractivity contribution >= 4 is 0 Å². The molecule has 118 valence electrons. The summed E-state index contributed by atoms with van der Waals surface area (Å²) >= 11 is 0. The fraction of sp³-hybridized carbons (Fsp3) is 0.625. The molecule has 2 unspecified atom stereocenters. The maximum absolute atomic E-state index is 12.2. The highest BCUT2D eigenvalue weighted by Gasteiger charge is 2.31. The molecule has 0 radical (unpaired) electrons. The van der Waals surface area contributed by atoms with Gasteiger partial charge in [0.15, 0.2) is 0 Å². The lowest BCUT2D eigenvalue weighted by Crippen LogP contribution is -2.29. The quantitative estimate of drug-likeness (QED) is 0.864. The second kappa shape index (κ2) is 7.16. The zero-order valence-electron chi connectivity index (χ0n) is 12.2. The Bertz CT molecular complexity index is 447. The smallest absolute Gasteiger partial charge is 0.406 e. The van der Waals surface area contributed by atoms with Gasteiger partial charge in [0.1, 0.15) is 5.75 Å². The van der Waals surface area contributed by atoms with Crippen LogP contribution in [0.2, 0.25) is 0 Å². The minimum absolute atomic E-state index is 0.159. The first-order valence-electron chi connectivity index (χ1n) is 7.49. The molecule has 0 bridgehead atoms. The number of nitrogens with one attached hydrogen (secondary N) is 1. The zero-order chi connectivity index (χ0) is 15.3. The molecule has 1 fully saturated rings. The molecule has 0 spiro atoms. The molecule has 0 amide bonds. The van der Waals surface area contributed by atoms with Crippen molar-refractivity contribution in [2.45, 2.75) is 45.5 Å². The molecule has 1 aliphatic carbocycles. The van der Waals surface area contributed by atoms with Crippen LogP contribution < -0.4 is 10.1 Å². The van der Waals surface area contributed by atoms with Crippen molar-refractivity contribution in [1.29, 1.82) is 0 Å². The summed E-state index contributed by atoms with van der Waals surface area (Å²) in [5.74, 6) is 1.24. The van der Waals surface area contributed by atoms with Crippen molar-refractivity contribution in [3.63, 3.8) is 0 Å². The number of benzene rings is 1. The van der Waals surface area contributed by atoms with Crippen LogP contribution in [-0.4, -0.2) is 12.9 Å². The Labute approximate surface area is 123 Å². The summed E-state index contributed by atoms with van der Waals surface area (Å²) in [5, 5.41) is 3.36. The van der Waals surface area contributed by atoms with Gasteiger partial charge in [0, 0.05) is 6.54 Å². The fourth-order valence-corrected chi connectivity index (χ4v) is 2.95. The molecule has 0 heterocycles. The number of hydrogen-bond donors (Lipinski definition) is 1. The zero-order valence-corrected chi connectivity index (χ0v) is 12.2. The van der Waals surface area contributed by atoms with E-state index in [2.05, 4.69) is 17.0 Å². The molecule has 5 heteroatoms.